The molecule has 3 heteroatoms. The van der Waals surface area contributed by atoms with Gasteiger partial charge in [0.2, 0.25) is 0 Å². The fourth-order valence-electron chi connectivity index (χ4n) is 2.27. The van der Waals surface area contributed by atoms with Gasteiger partial charge in [-0.15, -0.1) is 0 Å². The molecule has 0 nitrogen and oxygen atoms in total. The lowest BCUT2D eigenvalue weighted by molar-refractivity contribution is 1.03. The molecule has 1 atom stereocenters. The predicted molar refractivity (Wildman–Crippen MR) is 92.4 cm³/mol. The molecule has 0 aliphatic carbocycles. The van der Waals surface area contributed by atoms with Gasteiger partial charge in [-0.2, -0.15) is 0 Å². The zero-order valence-electron chi connectivity index (χ0n) is 11.6. The van der Waals surface area contributed by atoms with E-state index >= 15 is 0 Å². The second-order valence-electron chi connectivity index (χ2n) is 4.78. The molecule has 20 heavy (non-hydrogen) atoms. The molecule has 0 amide bonds. The number of hydrogen-bond acceptors (Lipinski definition) is 0. The average Bonchev–Trinajstić information content (AvgIpc) is 2.48. The number of benzene rings is 2. The van der Waals surface area contributed by atoms with Crippen LogP contribution in [0.1, 0.15) is 40.9 Å². The molecular formula is C17H17BrCl2. The normalized spacial score (nSPS) is 12.4. The van der Waals surface area contributed by atoms with E-state index in [2.05, 4.69) is 48.0 Å². The van der Waals surface area contributed by atoms with E-state index in [-0.39, 0.29) is 4.83 Å². The van der Waals surface area contributed by atoms with Crippen molar-refractivity contribution >= 4 is 39.1 Å². The van der Waals surface area contributed by atoms with Gasteiger partial charge in [0.05, 0.1) is 14.9 Å². The second-order valence-corrected chi connectivity index (χ2v) is 6.51. The molecule has 0 spiro atoms. The van der Waals surface area contributed by atoms with E-state index in [9.17, 15) is 0 Å². The number of aryl methyl sites for hydroxylation is 2. The molecular weight excluding hydrogens is 355 g/mol. The lowest BCUT2D eigenvalue weighted by Gasteiger charge is -2.17. The quantitative estimate of drug-likeness (QED) is 0.531. The highest BCUT2D eigenvalue weighted by molar-refractivity contribution is 9.09. The Morgan fingerprint density at radius 1 is 0.950 bits per heavy atom. The van der Waals surface area contributed by atoms with E-state index in [1.165, 1.54) is 16.7 Å². The molecule has 0 aliphatic heterocycles. The summed E-state index contributed by atoms with van der Waals surface area (Å²) in [7, 11) is 0. The number of rotatable bonds is 4. The zero-order valence-corrected chi connectivity index (χ0v) is 14.7. The van der Waals surface area contributed by atoms with Crippen LogP contribution in [0.25, 0.3) is 0 Å². The molecule has 2 aromatic carbocycles. The Bertz CT molecular complexity index is 608. The van der Waals surface area contributed by atoms with Crippen LogP contribution in [0.4, 0.5) is 0 Å². The third-order valence-electron chi connectivity index (χ3n) is 3.51. The Labute approximate surface area is 139 Å². The summed E-state index contributed by atoms with van der Waals surface area (Å²) in [6.07, 6.45) is 2.06. The molecule has 0 radical (unpaired) electrons. The molecule has 0 aliphatic rings. The van der Waals surface area contributed by atoms with Crippen LogP contribution in [-0.2, 0) is 12.8 Å². The maximum absolute atomic E-state index is 6.12. The minimum atomic E-state index is 0.138. The molecule has 0 fully saturated rings. The largest absolute Gasteiger partial charge is 0.0827 e. The molecule has 0 saturated heterocycles. The van der Waals surface area contributed by atoms with Crippen LogP contribution in [0.2, 0.25) is 10.0 Å². The minimum Gasteiger partial charge on any atom is -0.0827 e. The van der Waals surface area contributed by atoms with Gasteiger partial charge < -0.3 is 0 Å². The number of alkyl halides is 1. The van der Waals surface area contributed by atoms with Gasteiger partial charge in [0, 0.05) is 0 Å². The Morgan fingerprint density at radius 2 is 1.70 bits per heavy atom. The van der Waals surface area contributed by atoms with Crippen LogP contribution in [-0.4, -0.2) is 0 Å². The van der Waals surface area contributed by atoms with Gasteiger partial charge >= 0.3 is 0 Å². The van der Waals surface area contributed by atoms with Crippen LogP contribution in [0, 0.1) is 0 Å². The number of halogens is 3. The van der Waals surface area contributed by atoms with Crippen molar-refractivity contribution in [2.75, 3.05) is 0 Å². The van der Waals surface area contributed by atoms with Crippen molar-refractivity contribution in [3.8, 4) is 0 Å². The van der Waals surface area contributed by atoms with Gasteiger partial charge in [-0.1, -0.05) is 77.2 Å². The van der Waals surface area contributed by atoms with Gasteiger partial charge in [0.25, 0.3) is 0 Å². The summed E-state index contributed by atoms with van der Waals surface area (Å²) >= 11 is 15.9. The molecule has 0 aromatic heterocycles. The van der Waals surface area contributed by atoms with E-state index in [0.29, 0.717) is 10.0 Å². The number of hydrogen-bond donors (Lipinski definition) is 0. The molecule has 106 valence electrons. The molecule has 1 unspecified atom stereocenters. The van der Waals surface area contributed by atoms with E-state index in [1.807, 2.05) is 18.2 Å². The summed E-state index contributed by atoms with van der Waals surface area (Å²) in [5.74, 6) is 0. The summed E-state index contributed by atoms with van der Waals surface area (Å²) in [4.78, 5) is 0.138. The van der Waals surface area contributed by atoms with Gasteiger partial charge in [0.15, 0.2) is 0 Å². The van der Waals surface area contributed by atoms with Gasteiger partial charge in [-0.05, 0) is 47.2 Å². The first kappa shape index (κ1) is 15.9. The van der Waals surface area contributed by atoms with Crippen molar-refractivity contribution in [3.05, 3.63) is 68.7 Å². The van der Waals surface area contributed by atoms with Crippen LogP contribution in [0.3, 0.4) is 0 Å². The topological polar surface area (TPSA) is 0 Å². The maximum Gasteiger partial charge on any atom is 0.0647 e. The summed E-state index contributed by atoms with van der Waals surface area (Å²) in [5, 5.41) is 1.19. The lowest BCUT2D eigenvalue weighted by Crippen LogP contribution is -2.00. The first-order valence-electron chi connectivity index (χ1n) is 6.77. The molecule has 0 bridgehead atoms. The highest BCUT2D eigenvalue weighted by Crippen LogP contribution is 2.36. The summed E-state index contributed by atoms with van der Waals surface area (Å²) < 4.78 is 0. The maximum atomic E-state index is 6.12. The van der Waals surface area contributed by atoms with Crippen LogP contribution < -0.4 is 0 Å². The Kier molecular flexibility index (Phi) is 5.54. The molecule has 0 heterocycles. The van der Waals surface area contributed by atoms with Crippen molar-refractivity contribution in [1.29, 1.82) is 0 Å². The summed E-state index contributed by atoms with van der Waals surface area (Å²) in [5.41, 5.74) is 5.14. The van der Waals surface area contributed by atoms with Crippen molar-refractivity contribution in [3.63, 3.8) is 0 Å². The standard InChI is InChI=1S/C17H17BrCl2/c1-3-11-5-6-12(4-2)14(9-11)17(18)13-7-8-15(19)16(20)10-13/h5-10,17H,3-4H2,1-2H3. The van der Waals surface area contributed by atoms with Crippen LogP contribution in [0.15, 0.2) is 36.4 Å². The second kappa shape index (κ2) is 6.98. The van der Waals surface area contributed by atoms with E-state index in [1.54, 1.807) is 0 Å². The van der Waals surface area contributed by atoms with Crippen molar-refractivity contribution in [2.45, 2.75) is 31.5 Å². The van der Waals surface area contributed by atoms with Crippen molar-refractivity contribution in [2.24, 2.45) is 0 Å². The van der Waals surface area contributed by atoms with Crippen molar-refractivity contribution in [1.82, 2.24) is 0 Å². The Balaban J connectivity index is 2.45. The third kappa shape index (κ3) is 3.39. The smallest absolute Gasteiger partial charge is 0.0647 e. The zero-order chi connectivity index (χ0) is 14.7. The Morgan fingerprint density at radius 3 is 2.30 bits per heavy atom. The average molecular weight is 372 g/mol. The lowest BCUT2D eigenvalue weighted by atomic mass is 9.95. The minimum absolute atomic E-state index is 0.138. The van der Waals surface area contributed by atoms with Gasteiger partial charge in [-0.3, -0.25) is 0 Å². The predicted octanol–water partition coefficient (Wildman–Crippen LogP) is 6.60. The van der Waals surface area contributed by atoms with Gasteiger partial charge in [-0.25, -0.2) is 0 Å². The SMILES string of the molecule is CCc1ccc(CC)c(C(Br)c2ccc(Cl)c(Cl)c2)c1. The monoisotopic (exact) mass is 370 g/mol. The van der Waals surface area contributed by atoms with E-state index in [0.717, 1.165) is 18.4 Å². The molecule has 0 N–H and O–H groups in total. The summed E-state index contributed by atoms with van der Waals surface area (Å²) in [6, 6.07) is 12.5. The highest BCUT2D eigenvalue weighted by atomic mass is 79.9. The third-order valence-corrected chi connectivity index (χ3v) is 5.27. The van der Waals surface area contributed by atoms with Crippen molar-refractivity contribution < 1.29 is 0 Å². The molecule has 2 aromatic rings. The molecule has 2 rings (SSSR count). The first-order valence-corrected chi connectivity index (χ1v) is 8.44. The van der Waals surface area contributed by atoms with E-state index < -0.39 is 0 Å². The Hall–Kier alpha value is -0.500. The fraction of sp³-hybridized carbons (Fsp3) is 0.294. The van der Waals surface area contributed by atoms with Crippen LogP contribution >= 0.6 is 39.1 Å². The van der Waals surface area contributed by atoms with E-state index in [4.69, 9.17) is 23.2 Å². The van der Waals surface area contributed by atoms with Gasteiger partial charge in [0.1, 0.15) is 0 Å². The fourth-order valence-corrected chi connectivity index (χ4v) is 3.29. The van der Waals surface area contributed by atoms with Crippen LogP contribution in [0.5, 0.6) is 0 Å². The first-order chi connectivity index (χ1) is 9.56. The summed E-state index contributed by atoms with van der Waals surface area (Å²) in [6.45, 7) is 4.35. The molecule has 0 saturated carbocycles. The highest BCUT2D eigenvalue weighted by Gasteiger charge is 2.15.